The smallest absolute Gasteiger partial charge is 0.223 e. The van der Waals surface area contributed by atoms with E-state index < -0.39 is 0 Å². The predicted octanol–water partition coefficient (Wildman–Crippen LogP) is 2.64. The van der Waals surface area contributed by atoms with Crippen molar-refractivity contribution in [3.05, 3.63) is 35.4 Å². The number of carbonyl (C=O) groups is 1. The fourth-order valence-electron chi connectivity index (χ4n) is 3.90. The van der Waals surface area contributed by atoms with Crippen molar-refractivity contribution in [1.29, 1.82) is 0 Å². The van der Waals surface area contributed by atoms with Gasteiger partial charge in [0.2, 0.25) is 5.91 Å². The Hall–Kier alpha value is -2.11. The lowest BCUT2D eigenvalue weighted by Crippen LogP contribution is -2.44. The van der Waals surface area contributed by atoms with Crippen molar-refractivity contribution in [3.8, 4) is 0 Å². The standard InChI is InChI=1S/C19H29N5O/c1-15-18(16(2)22(3)21-15)8-9-19(25)24-13-5-4-7-17(24)10-14-23-12-6-11-20-23/h6,11-12,17H,4-5,7-10,13-14H2,1-3H3/t17-/m0/s1. The molecular formula is C19H29N5O. The molecular weight excluding hydrogens is 314 g/mol. The molecule has 1 fully saturated rings. The summed E-state index contributed by atoms with van der Waals surface area (Å²) in [7, 11) is 1.96. The summed E-state index contributed by atoms with van der Waals surface area (Å²) in [5, 5.41) is 8.73. The summed E-state index contributed by atoms with van der Waals surface area (Å²) in [5.74, 6) is 0.285. The van der Waals surface area contributed by atoms with Crippen molar-refractivity contribution < 1.29 is 4.79 Å². The summed E-state index contributed by atoms with van der Waals surface area (Å²) in [6, 6.07) is 2.30. The highest BCUT2D eigenvalue weighted by Crippen LogP contribution is 2.22. The SMILES string of the molecule is Cc1nn(C)c(C)c1CCC(=O)N1CCCC[C@H]1CCn1cccn1. The molecule has 0 radical (unpaired) electrons. The Morgan fingerprint density at radius 3 is 2.84 bits per heavy atom. The van der Waals surface area contributed by atoms with Gasteiger partial charge in [0, 0.05) is 50.7 Å². The molecule has 1 saturated heterocycles. The van der Waals surface area contributed by atoms with E-state index in [1.54, 1.807) is 0 Å². The molecule has 25 heavy (non-hydrogen) atoms. The maximum absolute atomic E-state index is 12.8. The van der Waals surface area contributed by atoms with Crippen molar-refractivity contribution in [3.63, 3.8) is 0 Å². The van der Waals surface area contributed by atoms with E-state index in [1.165, 1.54) is 17.7 Å². The first-order valence-corrected chi connectivity index (χ1v) is 9.32. The molecule has 6 nitrogen and oxygen atoms in total. The highest BCUT2D eigenvalue weighted by Gasteiger charge is 2.26. The van der Waals surface area contributed by atoms with Crippen LogP contribution in [0.5, 0.6) is 0 Å². The summed E-state index contributed by atoms with van der Waals surface area (Å²) < 4.78 is 3.86. The number of nitrogens with zero attached hydrogens (tertiary/aromatic N) is 5. The molecule has 0 spiro atoms. The van der Waals surface area contributed by atoms with Gasteiger partial charge in [0.25, 0.3) is 0 Å². The van der Waals surface area contributed by atoms with Gasteiger partial charge in [-0.3, -0.25) is 14.2 Å². The van der Waals surface area contributed by atoms with Crippen molar-refractivity contribution in [2.75, 3.05) is 6.54 Å². The Morgan fingerprint density at radius 1 is 1.32 bits per heavy atom. The van der Waals surface area contributed by atoms with E-state index in [0.717, 1.165) is 44.5 Å². The van der Waals surface area contributed by atoms with Crippen LogP contribution in [0.2, 0.25) is 0 Å². The number of hydrogen-bond acceptors (Lipinski definition) is 3. The van der Waals surface area contributed by atoms with Gasteiger partial charge in [-0.1, -0.05) is 0 Å². The van der Waals surface area contributed by atoms with Gasteiger partial charge in [-0.2, -0.15) is 10.2 Å². The van der Waals surface area contributed by atoms with Crippen molar-refractivity contribution in [2.24, 2.45) is 7.05 Å². The Labute approximate surface area is 149 Å². The highest BCUT2D eigenvalue weighted by molar-refractivity contribution is 5.77. The van der Waals surface area contributed by atoms with E-state index in [-0.39, 0.29) is 5.91 Å². The molecule has 1 atom stereocenters. The van der Waals surface area contributed by atoms with E-state index >= 15 is 0 Å². The van der Waals surface area contributed by atoms with Gasteiger partial charge < -0.3 is 4.90 Å². The first-order valence-electron chi connectivity index (χ1n) is 9.32. The number of amides is 1. The van der Waals surface area contributed by atoms with Crippen LogP contribution in [0.3, 0.4) is 0 Å². The van der Waals surface area contributed by atoms with Gasteiger partial charge in [0.05, 0.1) is 5.69 Å². The van der Waals surface area contributed by atoms with Crippen LogP contribution in [0.15, 0.2) is 18.5 Å². The molecule has 3 heterocycles. The van der Waals surface area contributed by atoms with Crippen molar-refractivity contribution >= 4 is 5.91 Å². The molecule has 1 aliphatic heterocycles. The van der Waals surface area contributed by atoms with E-state index in [1.807, 2.05) is 41.8 Å². The number of rotatable bonds is 6. The molecule has 0 aromatic carbocycles. The molecule has 3 rings (SSSR count). The van der Waals surface area contributed by atoms with Gasteiger partial charge in [-0.25, -0.2) is 0 Å². The first kappa shape index (κ1) is 17.7. The molecule has 2 aromatic heterocycles. The van der Waals surface area contributed by atoms with Crippen LogP contribution < -0.4 is 0 Å². The number of carbonyl (C=O) groups excluding carboxylic acids is 1. The maximum atomic E-state index is 12.8. The third-order valence-corrected chi connectivity index (χ3v) is 5.45. The second-order valence-electron chi connectivity index (χ2n) is 7.07. The molecule has 136 valence electrons. The molecule has 0 bridgehead atoms. The Balaban J connectivity index is 1.58. The predicted molar refractivity (Wildman–Crippen MR) is 97.2 cm³/mol. The van der Waals surface area contributed by atoms with E-state index in [4.69, 9.17) is 0 Å². The van der Waals surface area contributed by atoms with Gasteiger partial charge in [-0.05, 0) is 57.6 Å². The highest BCUT2D eigenvalue weighted by atomic mass is 16.2. The largest absolute Gasteiger partial charge is 0.340 e. The summed E-state index contributed by atoms with van der Waals surface area (Å²) in [5.41, 5.74) is 3.43. The van der Waals surface area contributed by atoms with Crippen LogP contribution in [0.4, 0.5) is 0 Å². The second-order valence-corrected chi connectivity index (χ2v) is 7.07. The quantitative estimate of drug-likeness (QED) is 0.810. The monoisotopic (exact) mass is 343 g/mol. The van der Waals surface area contributed by atoms with Crippen molar-refractivity contribution in [1.82, 2.24) is 24.5 Å². The number of piperidine rings is 1. The Bertz CT molecular complexity index is 704. The summed E-state index contributed by atoms with van der Waals surface area (Å²) >= 11 is 0. The first-order chi connectivity index (χ1) is 12.1. The average molecular weight is 343 g/mol. The van der Waals surface area contributed by atoms with E-state index in [2.05, 4.69) is 22.0 Å². The number of aromatic nitrogens is 4. The fourth-order valence-corrected chi connectivity index (χ4v) is 3.90. The van der Waals surface area contributed by atoms with Crippen LogP contribution in [0.25, 0.3) is 0 Å². The normalized spacial score (nSPS) is 17.9. The maximum Gasteiger partial charge on any atom is 0.223 e. The molecule has 0 saturated carbocycles. The zero-order valence-corrected chi connectivity index (χ0v) is 15.6. The topological polar surface area (TPSA) is 56.0 Å². The molecule has 0 aliphatic carbocycles. The Morgan fingerprint density at radius 2 is 2.16 bits per heavy atom. The Kier molecular flexibility index (Phi) is 5.56. The van der Waals surface area contributed by atoms with Crippen LogP contribution >= 0.6 is 0 Å². The minimum absolute atomic E-state index is 0.285. The molecule has 0 unspecified atom stereocenters. The summed E-state index contributed by atoms with van der Waals surface area (Å²) in [6.07, 6.45) is 9.59. The van der Waals surface area contributed by atoms with E-state index in [0.29, 0.717) is 12.5 Å². The molecule has 2 aromatic rings. The zero-order valence-electron chi connectivity index (χ0n) is 15.6. The van der Waals surface area contributed by atoms with Crippen molar-refractivity contribution in [2.45, 2.75) is 65.0 Å². The van der Waals surface area contributed by atoms with Crippen LogP contribution in [0.1, 0.15) is 49.1 Å². The minimum Gasteiger partial charge on any atom is -0.340 e. The number of hydrogen-bond donors (Lipinski definition) is 0. The minimum atomic E-state index is 0.285. The molecule has 1 amide bonds. The molecule has 6 heteroatoms. The summed E-state index contributed by atoms with van der Waals surface area (Å²) in [6.45, 7) is 5.88. The van der Waals surface area contributed by atoms with Crippen LogP contribution in [0, 0.1) is 13.8 Å². The van der Waals surface area contributed by atoms with Gasteiger partial charge >= 0.3 is 0 Å². The van der Waals surface area contributed by atoms with Gasteiger partial charge in [-0.15, -0.1) is 0 Å². The summed E-state index contributed by atoms with van der Waals surface area (Å²) in [4.78, 5) is 15.0. The molecule has 1 aliphatic rings. The third kappa shape index (κ3) is 4.11. The lowest BCUT2D eigenvalue weighted by atomic mass is 9.98. The number of aryl methyl sites for hydroxylation is 3. The van der Waals surface area contributed by atoms with Crippen LogP contribution in [-0.4, -0.2) is 43.0 Å². The van der Waals surface area contributed by atoms with Gasteiger partial charge in [0.15, 0.2) is 0 Å². The third-order valence-electron chi connectivity index (χ3n) is 5.45. The fraction of sp³-hybridized carbons (Fsp3) is 0.632. The lowest BCUT2D eigenvalue weighted by molar-refractivity contribution is -0.135. The second kappa shape index (κ2) is 7.85. The van der Waals surface area contributed by atoms with Gasteiger partial charge in [0.1, 0.15) is 0 Å². The number of likely N-dealkylation sites (tertiary alicyclic amines) is 1. The zero-order chi connectivity index (χ0) is 17.8. The van der Waals surface area contributed by atoms with Crippen LogP contribution in [-0.2, 0) is 24.8 Å². The average Bonchev–Trinajstić information content (AvgIpc) is 3.21. The van der Waals surface area contributed by atoms with E-state index in [9.17, 15) is 4.79 Å². The molecule has 0 N–H and O–H groups in total. The lowest BCUT2D eigenvalue weighted by Gasteiger charge is -2.36.